The largest absolute Gasteiger partial charge is 0.370 e. The van der Waals surface area contributed by atoms with Crippen molar-refractivity contribution in [3.8, 4) is 0 Å². The van der Waals surface area contributed by atoms with Crippen LogP contribution in [0, 0.1) is 0 Å². The van der Waals surface area contributed by atoms with Gasteiger partial charge in [-0.2, -0.15) is 0 Å². The average molecular weight is 331 g/mol. The lowest BCUT2D eigenvalue weighted by Crippen LogP contribution is -2.23. The number of hydrogen-bond donors (Lipinski definition) is 2. The summed E-state index contributed by atoms with van der Waals surface area (Å²) in [6.45, 7) is 0.566. The van der Waals surface area contributed by atoms with Crippen molar-refractivity contribution in [2.45, 2.75) is 12.8 Å². The number of nitrogens with zero attached hydrogens (tertiary/aromatic N) is 1. The van der Waals surface area contributed by atoms with Crippen LogP contribution in [0.15, 0.2) is 71.7 Å². The molecule has 0 saturated heterocycles. The van der Waals surface area contributed by atoms with Gasteiger partial charge in [-0.3, -0.25) is 9.79 Å². The summed E-state index contributed by atoms with van der Waals surface area (Å²) in [6, 6.07) is 21.9. The standard InChI is InChI=1S/C21H21N3O/c22-21(23)24-13-12-15-8-10-16(11-9-15)14-20(25)19-7-3-5-17-4-1-2-6-18(17)19/h1-11H,12-14H2,(H4,22,23,24). The molecule has 126 valence electrons. The zero-order chi connectivity index (χ0) is 17.6. The first-order chi connectivity index (χ1) is 12.1. The van der Waals surface area contributed by atoms with E-state index in [0.717, 1.165) is 33.9 Å². The van der Waals surface area contributed by atoms with E-state index in [1.54, 1.807) is 0 Å². The molecule has 4 nitrogen and oxygen atoms in total. The lowest BCUT2D eigenvalue weighted by Gasteiger charge is -2.07. The summed E-state index contributed by atoms with van der Waals surface area (Å²) in [5.41, 5.74) is 13.6. The van der Waals surface area contributed by atoms with Gasteiger partial charge in [0.2, 0.25) is 0 Å². The van der Waals surface area contributed by atoms with Gasteiger partial charge in [0.25, 0.3) is 0 Å². The normalized spacial score (nSPS) is 10.6. The molecule has 3 aromatic rings. The van der Waals surface area contributed by atoms with Gasteiger partial charge in [0.05, 0.1) is 0 Å². The van der Waals surface area contributed by atoms with Crippen LogP contribution in [0.2, 0.25) is 0 Å². The molecule has 0 aliphatic heterocycles. The van der Waals surface area contributed by atoms with Gasteiger partial charge in [-0.15, -0.1) is 0 Å². The molecule has 0 aliphatic rings. The van der Waals surface area contributed by atoms with E-state index in [1.165, 1.54) is 0 Å². The summed E-state index contributed by atoms with van der Waals surface area (Å²) in [6.07, 6.45) is 1.16. The first-order valence-electron chi connectivity index (χ1n) is 8.27. The third kappa shape index (κ3) is 4.23. The summed E-state index contributed by atoms with van der Waals surface area (Å²) in [5.74, 6) is 0.238. The van der Waals surface area contributed by atoms with E-state index < -0.39 is 0 Å². The summed E-state index contributed by atoms with van der Waals surface area (Å²) >= 11 is 0. The SMILES string of the molecule is NC(N)=NCCc1ccc(CC(=O)c2cccc3ccccc23)cc1. The molecule has 0 aliphatic carbocycles. The van der Waals surface area contributed by atoms with Crippen LogP contribution in [-0.2, 0) is 12.8 Å². The van der Waals surface area contributed by atoms with Gasteiger partial charge in [0.1, 0.15) is 0 Å². The average Bonchev–Trinajstić information content (AvgIpc) is 2.62. The smallest absolute Gasteiger partial charge is 0.185 e. The Morgan fingerprint density at radius 2 is 1.52 bits per heavy atom. The second-order valence-electron chi connectivity index (χ2n) is 6.00. The Labute approximate surface area is 147 Å². The lowest BCUT2D eigenvalue weighted by atomic mass is 9.97. The number of benzene rings is 3. The fourth-order valence-corrected chi connectivity index (χ4v) is 2.89. The van der Waals surface area contributed by atoms with Crippen LogP contribution in [0.25, 0.3) is 10.8 Å². The Balaban J connectivity index is 1.71. The van der Waals surface area contributed by atoms with Crippen LogP contribution < -0.4 is 11.5 Å². The van der Waals surface area contributed by atoms with Crippen molar-refractivity contribution in [2.24, 2.45) is 16.5 Å². The zero-order valence-corrected chi connectivity index (χ0v) is 14.0. The molecular weight excluding hydrogens is 310 g/mol. The van der Waals surface area contributed by atoms with Gasteiger partial charge in [-0.1, -0.05) is 66.7 Å². The molecular formula is C21H21N3O. The highest BCUT2D eigenvalue weighted by Crippen LogP contribution is 2.20. The minimum atomic E-state index is 0.109. The Morgan fingerprint density at radius 1 is 0.840 bits per heavy atom. The van der Waals surface area contributed by atoms with Crippen molar-refractivity contribution < 1.29 is 4.79 Å². The number of guanidine groups is 1. The number of ketones is 1. The molecule has 0 aromatic heterocycles. The second-order valence-corrected chi connectivity index (χ2v) is 6.00. The zero-order valence-electron chi connectivity index (χ0n) is 14.0. The van der Waals surface area contributed by atoms with E-state index in [4.69, 9.17) is 11.5 Å². The molecule has 3 aromatic carbocycles. The Morgan fingerprint density at radius 3 is 2.28 bits per heavy atom. The highest BCUT2D eigenvalue weighted by atomic mass is 16.1. The number of aliphatic imine (C=N–C) groups is 1. The maximum Gasteiger partial charge on any atom is 0.185 e. The van der Waals surface area contributed by atoms with Gasteiger partial charge >= 0.3 is 0 Å². The van der Waals surface area contributed by atoms with Crippen molar-refractivity contribution in [3.05, 3.63) is 83.4 Å². The van der Waals surface area contributed by atoms with Crippen molar-refractivity contribution in [2.75, 3.05) is 6.54 Å². The van der Waals surface area contributed by atoms with Crippen LogP contribution in [0.5, 0.6) is 0 Å². The Hall–Kier alpha value is -3.14. The van der Waals surface area contributed by atoms with Crippen LogP contribution in [-0.4, -0.2) is 18.3 Å². The first-order valence-corrected chi connectivity index (χ1v) is 8.27. The molecule has 4 N–H and O–H groups in total. The predicted molar refractivity (Wildman–Crippen MR) is 103 cm³/mol. The number of rotatable bonds is 6. The monoisotopic (exact) mass is 331 g/mol. The quantitative estimate of drug-likeness (QED) is 0.414. The third-order valence-corrected chi connectivity index (χ3v) is 4.17. The second kappa shape index (κ2) is 7.62. The van der Waals surface area contributed by atoms with Crippen molar-refractivity contribution in [1.82, 2.24) is 0 Å². The molecule has 0 atom stereocenters. The molecule has 4 heteroatoms. The minimum Gasteiger partial charge on any atom is -0.370 e. The number of carbonyl (C=O) groups is 1. The molecule has 0 heterocycles. The van der Waals surface area contributed by atoms with E-state index in [2.05, 4.69) is 4.99 Å². The van der Waals surface area contributed by atoms with E-state index in [0.29, 0.717) is 13.0 Å². The molecule has 0 unspecified atom stereocenters. The van der Waals surface area contributed by atoms with Gasteiger partial charge in [-0.05, 0) is 28.3 Å². The fraction of sp³-hybridized carbons (Fsp3) is 0.143. The van der Waals surface area contributed by atoms with E-state index in [-0.39, 0.29) is 11.7 Å². The van der Waals surface area contributed by atoms with Crippen molar-refractivity contribution >= 4 is 22.5 Å². The van der Waals surface area contributed by atoms with Crippen LogP contribution in [0.4, 0.5) is 0 Å². The summed E-state index contributed by atoms with van der Waals surface area (Å²) in [7, 11) is 0. The van der Waals surface area contributed by atoms with Crippen LogP contribution in [0.3, 0.4) is 0 Å². The molecule has 25 heavy (non-hydrogen) atoms. The van der Waals surface area contributed by atoms with E-state index >= 15 is 0 Å². The maximum atomic E-state index is 12.7. The highest BCUT2D eigenvalue weighted by molar-refractivity contribution is 6.08. The van der Waals surface area contributed by atoms with E-state index in [9.17, 15) is 4.79 Å². The number of hydrogen-bond acceptors (Lipinski definition) is 2. The molecule has 0 spiro atoms. The van der Waals surface area contributed by atoms with E-state index in [1.807, 2.05) is 66.7 Å². The molecule has 0 bridgehead atoms. The van der Waals surface area contributed by atoms with Crippen molar-refractivity contribution in [3.63, 3.8) is 0 Å². The molecule has 0 fully saturated rings. The van der Waals surface area contributed by atoms with Gasteiger partial charge in [0.15, 0.2) is 11.7 Å². The Kier molecular flexibility index (Phi) is 5.09. The fourth-order valence-electron chi connectivity index (χ4n) is 2.89. The molecule has 0 radical (unpaired) electrons. The van der Waals surface area contributed by atoms with Crippen LogP contribution in [0.1, 0.15) is 21.5 Å². The first kappa shape index (κ1) is 16.7. The third-order valence-electron chi connectivity index (χ3n) is 4.17. The molecule has 0 amide bonds. The van der Waals surface area contributed by atoms with Gasteiger partial charge in [0, 0.05) is 18.5 Å². The Bertz CT molecular complexity index is 905. The summed E-state index contributed by atoms with van der Waals surface area (Å²) < 4.78 is 0. The number of nitrogens with two attached hydrogens (primary N) is 2. The number of fused-ring (bicyclic) bond motifs is 1. The molecule has 3 rings (SSSR count). The van der Waals surface area contributed by atoms with Gasteiger partial charge in [-0.25, -0.2) is 0 Å². The number of Topliss-reactive ketones (excluding diaryl/α,β-unsaturated/α-hetero) is 1. The number of carbonyl (C=O) groups excluding carboxylic acids is 1. The minimum absolute atomic E-state index is 0.109. The van der Waals surface area contributed by atoms with Crippen LogP contribution >= 0.6 is 0 Å². The topological polar surface area (TPSA) is 81.5 Å². The summed E-state index contributed by atoms with van der Waals surface area (Å²) in [4.78, 5) is 16.7. The lowest BCUT2D eigenvalue weighted by molar-refractivity contribution is 0.0994. The van der Waals surface area contributed by atoms with Crippen molar-refractivity contribution in [1.29, 1.82) is 0 Å². The molecule has 0 saturated carbocycles. The maximum absolute atomic E-state index is 12.7. The summed E-state index contributed by atoms with van der Waals surface area (Å²) in [5, 5.41) is 2.09. The highest BCUT2D eigenvalue weighted by Gasteiger charge is 2.10. The van der Waals surface area contributed by atoms with Gasteiger partial charge < -0.3 is 11.5 Å². The predicted octanol–water partition coefficient (Wildman–Crippen LogP) is 3.08.